The lowest BCUT2D eigenvalue weighted by Crippen LogP contribution is -2.23. The van der Waals surface area contributed by atoms with Gasteiger partial charge in [-0.1, -0.05) is 12.1 Å². The van der Waals surface area contributed by atoms with Crippen molar-refractivity contribution >= 4 is 16.9 Å². The lowest BCUT2D eigenvalue weighted by atomic mass is 10.1. The first kappa shape index (κ1) is 19.9. The third-order valence-electron chi connectivity index (χ3n) is 4.54. The second-order valence-corrected chi connectivity index (χ2v) is 6.66. The quantitative estimate of drug-likeness (QED) is 0.571. The smallest absolute Gasteiger partial charge is 0.220 e. The largest absolute Gasteiger partial charge is 0.349 e. The SMILES string of the molecule is O=C(CCCc1cc(F)ccc1F)NCc1nc2c(CCCF)cccc2[nH]1. The zero-order valence-corrected chi connectivity index (χ0v) is 15.4. The molecule has 7 heteroatoms. The summed E-state index contributed by atoms with van der Waals surface area (Å²) in [6.45, 7) is -0.131. The average molecular weight is 389 g/mol. The number of rotatable bonds is 9. The van der Waals surface area contributed by atoms with E-state index >= 15 is 0 Å². The van der Waals surface area contributed by atoms with E-state index in [4.69, 9.17) is 0 Å². The van der Waals surface area contributed by atoms with Crippen LogP contribution >= 0.6 is 0 Å². The van der Waals surface area contributed by atoms with Gasteiger partial charge in [-0.05, 0) is 61.1 Å². The molecule has 0 aliphatic carbocycles. The number of H-pyrrole nitrogens is 1. The molecule has 2 N–H and O–H groups in total. The third kappa shape index (κ3) is 5.12. The van der Waals surface area contributed by atoms with E-state index in [2.05, 4.69) is 15.3 Å². The Morgan fingerprint density at radius 3 is 2.71 bits per heavy atom. The topological polar surface area (TPSA) is 57.8 Å². The van der Waals surface area contributed by atoms with Crippen molar-refractivity contribution in [1.29, 1.82) is 0 Å². The van der Waals surface area contributed by atoms with Crippen LogP contribution in [0.5, 0.6) is 0 Å². The Morgan fingerprint density at radius 2 is 1.89 bits per heavy atom. The molecular formula is C21H22F3N3O. The summed E-state index contributed by atoms with van der Waals surface area (Å²) < 4.78 is 39.2. The number of carbonyl (C=O) groups is 1. The number of halogens is 3. The van der Waals surface area contributed by atoms with Crippen molar-refractivity contribution in [3.05, 3.63) is 65.0 Å². The number of aromatic nitrogens is 2. The predicted molar refractivity (Wildman–Crippen MR) is 102 cm³/mol. The second kappa shape index (κ2) is 9.39. The van der Waals surface area contributed by atoms with Crippen molar-refractivity contribution in [2.75, 3.05) is 6.67 Å². The highest BCUT2D eigenvalue weighted by molar-refractivity contribution is 5.79. The molecule has 0 atom stereocenters. The highest BCUT2D eigenvalue weighted by atomic mass is 19.1. The van der Waals surface area contributed by atoms with E-state index in [0.717, 1.165) is 34.8 Å². The Morgan fingerprint density at radius 1 is 1.07 bits per heavy atom. The van der Waals surface area contributed by atoms with Gasteiger partial charge in [0, 0.05) is 6.42 Å². The molecule has 1 amide bonds. The molecule has 2 aromatic carbocycles. The Kier molecular flexibility index (Phi) is 6.68. The van der Waals surface area contributed by atoms with E-state index in [0.29, 0.717) is 31.5 Å². The molecule has 0 fully saturated rings. The van der Waals surface area contributed by atoms with Crippen LogP contribution in [0.4, 0.5) is 13.2 Å². The van der Waals surface area contributed by atoms with Gasteiger partial charge in [-0.3, -0.25) is 9.18 Å². The molecular weight excluding hydrogens is 367 g/mol. The number of imidazole rings is 1. The van der Waals surface area contributed by atoms with Crippen molar-refractivity contribution < 1.29 is 18.0 Å². The third-order valence-corrected chi connectivity index (χ3v) is 4.54. The summed E-state index contributed by atoms with van der Waals surface area (Å²) in [7, 11) is 0. The number of hydrogen-bond donors (Lipinski definition) is 2. The van der Waals surface area contributed by atoms with Crippen LogP contribution < -0.4 is 5.32 Å². The van der Waals surface area contributed by atoms with Crippen LogP contribution in [0, 0.1) is 11.6 Å². The number of benzene rings is 2. The van der Waals surface area contributed by atoms with E-state index in [1.807, 2.05) is 18.2 Å². The minimum absolute atomic E-state index is 0.185. The molecule has 4 nitrogen and oxygen atoms in total. The zero-order valence-electron chi connectivity index (χ0n) is 15.4. The first-order valence-corrected chi connectivity index (χ1v) is 9.30. The van der Waals surface area contributed by atoms with Crippen LogP contribution in [0.2, 0.25) is 0 Å². The van der Waals surface area contributed by atoms with Gasteiger partial charge >= 0.3 is 0 Å². The van der Waals surface area contributed by atoms with Crippen molar-refractivity contribution in [2.45, 2.75) is 38.6 Å². The highest BCUT2D eigenvalue weighted by Gasteiger charge is 2.10. The van der Waals surface area contributed by atoms with Crippen LogP contribution in [0.3, 0.4) is 0 Å². The number of aryl methyl sites for hydroxylation is 2. The molecule has 0 bridgehead atoms. The van der Waals surface area contributed by atoms with Gasteiger partial charge in [0.15, 0.2) is 0 Å². The van der Waals surface area contributed by atoms with Gasteiger partial charge in [0.05, 0.1) is 24.3 Å². The van der Waals surface area contributed by atoms with Gasteiger partial charge in [-0.15, -0.1) is 0 Å². The summed E-state index contributed by atoms with van der Waals surface area (Å²) in [6.07, 6.45) is 1.97. The summed E-state index contributed by atoms with van der Waals surface area (Å²) >= 11 is 0. The van der Waals surface area contributed by atoms with Crippen LogP contribution in [0.1, 0.15) is 36.2 Å². The Hall–Kier alpha value is -2.83. The van der Waals surface area contributed by atoms with Gasteiger partial charge in [0.25, 0.3) is 0 Å². The van der Waals surface area contributed by atoms with E-state index in [1.165, 1.54) is 0 Å². The van der Waals surface area contributed by atoms with Gasteiger partial charge in [0.1, 0.15) is 17.5 Å². The normalized spacial score (nSPS) is 11.1. The van der Waals surface area contributed by atoms with Gasteiger partial charge in [-0.25, -0.2) is 13.8 Å². The summed E-state index contributed by atoms with van der Waals surface area (Å²) in [5, 5.41) is 2.77. The fourth-order valence-electron chi connectivity index (χ4n) is 3.13. The molecule has 1 heterocycles. The fraction of sp³-hybridized carbons (Fsp3) is 0.333. The maximum absolute atomic E-state index is 13.6. The number of amides is 1. The average Bonchev–Trinajstić information content (AvgIpc) is 3.11. The number of hydrogen-bond acceptors (Lipinski definition) is 2. The highest BCUT2D eigenvalue weighted by Crippen LogP contribution is 2.18. The molecule has 0 saturated heterocycles. The van der Waals surface area contributed by atoms with Crippen molar-refractivity contribution in [3.8, 4) is 0 Å². The molecule has 0 aliphatic heterocycles. The van der Waals surface area contributed by atoms with Gasteiger partial charge in [-0.2, -0.15) is 0 Å². The predicted octanol–water partition coefficient (Wildman–Crippen LogP) is 4.38. The lowest BCUT2D eigenvalue weighted by Gasteiger charge is -2.05. The molecule has 0 radical (unpaired) electrons. The number of aromatic amines is 1. The lowest BCUT2D eigenvalue weighted by molar-refractivity contribution is -0.121. The molecule has 3 aromatic rings. The van der Waals surface area contributed by atoms with Crippen LogP contribution in [-0.4, -0.2) is 22.5 Å². The van der Waals surface area contributed by atoms with E-state index < -0.39 is 11.6 Å². The molecule has 1 aromatic heterocycles. The number of carbonyl (C=O) groups excluding carboxylic acids is 1. The van der Waals surface area contributed by atoms with Crippen molar-refractivity contribution in [3.63, 3.8) is 0 Å². The molecule has 28 heavy (non-hydrogen) atoms. The van der Waals surface area contributed by atoms with Crippen molar-refractivity contribution in [2.24, 2.45) is 0 Å². The zero-order chi connectivity index (χ0) is 19.9. The van der Waals surface area contributed by atoms with Crippen LogP contribution in [0.25, 0.3) is 11.0 Å². The number of para-hydroxylation sites is 1. The van der Waals surface area contributed by atoms with Crippen molar-refractivity contribution in [1.82, 2.24) is 15.3 Å². The first-order valence-electron chi connectivity index (χ1n) is 9.30. The summed E-state index contributed by atoms with van der Waals surface area (Å²) in [5.41, 5.74) is 2.89. The first-order chi connectivity index (χ1) is 13.6. The van der Waals surface area contributed by atoms with Gasteiger partial charge < -0.3 is 10.3 Å². The summed E-state index contributed by atoms with van der Waals surface area (Å²) in [4.78, 5) is 19.7. The number of nitrogens with zero attached hydrogens (tertiary/aromatic N) is 1. The monoisotopic (exact) mass is 389 g/mol. The minimum atomic E-state index is -0.489. The molecule has 0 spiro atoms. The Bertz CT molecular complexity index is 955. The summed E-state index contributed by atoms with van der Waals surface area (Å²) in [6, 6.07) is 9.02. The second-order valence-electron chi connectivity index (χ2n) is 6.66. The molecule has 3 rings (SSSR count). The standard InChI is InChI=1S/C21H22F3N3O/c22-11-3-6-14-4-1-7-18-21(14)27-19(26-18)13-25-20(28)8-2-5-15-12-16(23)9-10-17(15)24/h1,4,7,9-10,12H,2-3,5-6,8,11,13H2,(H,25,28)(H,26,27). The number of fused-ring (bicyclic) bond motifs is 1. The minimum Gasteiger partial charge on any atom is -0.349 e. The maximum Gasteiger partial charge on any atom is 0.220 e. The number of alkyl halides is 1. The van der Waals surface area contributed by atoms with E-state index in [1.54, 1.807) is 0 Å². The van der Waals surface area contributed by atoms with E-state index in [-0.39, 0.29) is 31.1 Å². The van der Waals surface area contributed by atoms with Gasteiger partial charge in [0.2, 0.25) is 5.91 Å². The fourth-order valence-corrected chi connectivity index (χ4v) is 3.13. The molecule has 148 valence electrons. The Labute approximate surface area is 161 Å². The summed E-state index contributed by atoms with van der Waals surface area (Å²) in [5.74, 6) is -0.522. The van der Waals surface area contributed by atoms with Crippen LogP contribution in [0.15, 0.2) is 36.4 Å². The molecule has 0 aliphatic rings. The van der Waals surface area contributed by atoms with E-state index in [9.17, 15) is 18.0 Å². The number of nitrogens with one attached hydrogen (secondary N) is 2. The van der Waals surface area contributed by atoms with Crippen LogP contribution in [-0.2, 0) is 24.2 Å². The Balaban J connectivity index is 1.51. The molecule has 0 saturated carbocycles. The maximum atomic E-state index is 13.6. The molecule has 0 unspecified atom stereocenters.